The van der Waals surface area contributed by atoms with Crippen molar-refractivity contribution >= 4 is 22.1 Å². The predicted molar refractivity (Wildman–Crippen MR) is 128 cm³/mol. The summed E-state index contributed by atoms with van der Waals surface area (Å²) in [4.78, 5) is 2.68. The largest absolute Gasteiger partial charge is 0.141 e. The van der Waals surface area contributed by atoms with E-state index in [2.05, 4.69) is 111 Å². The Kier molecular flexibility index (Phi) is 4.54. The quantitative estimate of drug-likeness (QED) is 0.289. The van der Waals surface area contributed by atoms with Crippen LogP contribution in [0.15, 0.2) is 97.1 Å². The van der Waals surface area contributed by atoms with Crippen LogP contribution in [0.25, 0.3) is 43.5 Å². The Morgan fingerprint density at radius 3 is 1.52 bits per heavy atom. The van der Waals surface area contributed by atoms with E-state index in [-0.39, 0.29) is 0 Å². The van der Waals surface area contributed by atoms with Crippen LogP contribution in [0.1, 0.15) is 10.4 Å². The van der Waals surface area contributed by atoms with Gasteiger partial charge in [-0.2, -0.15) is 0 Å². The third-order valence-electron chi connectivity index (χ3n) is 5.51. The second-order valence-corrected chi connectivity index (χ2v) is 8.85. The Bertz CT molecular complexity index is 1290. The molecule has 29 heavy (non-hydrogen) atoms. The van der Waals surface area contributed by atoms with E-state index in [1.807, 2.05) is 11.3 Å². The Labute approximate surface area is 176 Å². The highest BCUT2D eigenvalue weighted by molar-refractivity contribution is 7.15. The lowest BCUT2D eigenvalue weighted by molar-refractivity contribution is 1.47. The summed E-state index contributed by atoms with van der Waals surface area (Å²) in [7, 11) is 0. The number of hydrogen-bond donors (Lipinski definition) is 0. The molecule has 0 fully saturated rings. The molecular formula is C28H22S. The van der Waals surface area contributed by atoms with Crippen LogP contribution >= 0.6 is 11.3 Å². The molecule has 0 aliphatic heterocycles. The fourth-order valence-corrected chi connectivity index (χ4v) is 4.81. The Morgan fingerprint density at radius 2 is 1.00 bits per heavy atom. The van der Waals surface area contributed by atoms with Crippen molar-refractivity contribution in [1.82, 2.24) is 0 Å². The van der Waals surface area contributed by atoms with Gasteiger partial charge in [-0.05, 0) is 64.6 Å². The first kappa shape index (κ1) is 17.9. The molecule has 0 bridgehead atoms. The van der Waals surface area contributed by atoms with E-state index in [0.29, 0.717) is 0 Å². The van der Waals surface area contributed by atoms with Gasteiger partial charge in [0.25, 0.3) is 0 Å². The molecule has 1 heterocycles. The zero-order chi connectivity index (χ0) is 19.8. The van der Waals surface area contributed by atoms with Crippen LogP contribution in [0.4, 0.5) is 0 Å². The molecule has 0 aliphatic rings. The molecule has 0 N–H and O–H groups in total. The lowest BCUT2D eigenvalue weighted by Gasteiger charge is -2.13. The monoisotopic (exact) mass is 390 g/mol. The van der Waals surface area contributed by atoms with Gasteiger partial charge in [-0.1, -0.05) is 90.5 Å². The molecule has 0 unspecified atom stereocenters. The molecule has 0 nitrogen and oxygen atoms in total. The lowest BCUT2D eigenvalue weighted by atomic mass is 9.91. The minimum absolute atomic E-state index is 1.26. The van der Waals surface area contributed by atoms with Crippen molar-refractivity contribution in [3.8, 4) is 32.7 Å². The fraction of sp³-hybridized carbons (Fsp3) is 0.0714. The average molecular weight is 391 g/mol. The van der Waals surface area contributed by atoms with Gasteiger partial charge >= 0.3 is 0 Å². The smallest absolute Gasteiger partial charge is 0.0345 e. The highest BCUT2D eigenvalue weighted by Gasteiger charge is 2.10. The molecule has 5 aromatic rings. The molecule has 0 aliphatic carbocycles. The number of rotatable bonds is 3. The first-order valence-electron chi connectivity index (χ1n) is 9.95. The first-order valence-corrected chi connectivity index (χ1v) is 10.8. The van der Waals surface area contributed by atoms with Crippen LogP contribution < -0.4 is 0 Å². The Hall–Kier alpha value is -3.16. The van der Waals surface area contributed by atoms with Crippen molar-refractivity contribution in [2.45, 2.75) is 13.8 Å². The molecular weight excluding hydrogens is 368 g/mol. The number of aryl methyl sites for hydroxylation is 2. The van der Waals surface area contributed by atoms with Crippen molar-refractivity contribution in [2.24, 2.45) is 0 Å². The number of thiophene rings is 1. The second kappa shape index (κ2) is 7.35. The molecule has 0 saturated heterocycles. The molecule has 0 atom stereocenters. The summed E-state index contributed by atoms with van der Waals surface area (Å²) in [6.07, 6.45) is 0. The zero-order valence-corrected chi connectivity index (χ0v) is 17.5. The fourth-order valence-electron chi connectivity index (χ4n) is 3.94. The van der Waals surface area contributed by atoms with Crippen LogP contribution in [-0.4, -0.2) is 0 Å². The molecule has 0 saturated carbocycles. The van der Waals surface area contributed by atoms with Crippen molar-refractivity contribution < 1.29 is 0 Å². The van der Waals surface area contributed by atoms with Crippen molar-refractivity contribution in [3.63, 3.8) is 0 Å². The topological polar surface area (TPSA) is 0 Å². The van der Waals surface area contributed by atoms with Gasteiger partial charge in [-0.3, -0.25) is 0 Å². The summed E-state index contributed by atoms with van der Waals surface area (Å²) in [6.45, 7) is 4.29. The molecule has 0 radical (unpaired) electrons. The summed E-state index contributed by atoms with van der Waals surface area (Å²) in [6, 6.07) is 35.4. The third-order valence-corrected chi connectivity index (χ3v) is 6.56. The number of hydrogen-bond acceptors (Lipinski definition) is 1. The summed E-state index contributed by atoms with van der Waals surface area (Å²) in [5, 5.41) is 2.59. The minimum Gasteiger partial charge on any atom is -0.141 e. The van der Waals surface area contributed by atoms with Gasteiger partial charge in [0.15, 0.2) is 0 Å². The lowest BCUT2D eigenvalue weighted by Crippen LogP contribution is -1.86. The van der Waals surface area contributed by atoms with Gasteiger partial charge in [0.1, 0.15) is 0 Å². The van der Waals surface area contributed by atoms with Crippen LogP contribution in [0.3, 0.4) is 0 Å². The number of benzene rings is 4. The highest BCUT2D eigenvalue weighted by Crippen LogP contribution is 2.37. The van der Waals surface area contributed by atoms with Crippen LogP contribution in [0.5, 0.6) is 0 Å². The average Bonchev–Trinajstić information content (AvgIpc) is 3.20. The normalized spacial score (nSPS) is 11.1. The molecule has 1 heteroatoms. The van der Waals surface area contributed by atoms with Crippen LogP contribution in [0.2, 0.25) is 0 Å². The molecule has 0 amide bonds. The van der Waals surface area contributed by atoms with Crippen LogP contribution in [-0.2, 0) is 0 Å². The van der Waals surface area contributed by atoms with Crippen molar-refractivity contribution in [3.05, 3.63) is 108 Å². The maximum absolute atomic E-state index is 2.27. The molecule has 140 valence electrons. The van der Waals surface area contributed by atoms with Gasteiger partial charge in [-0.25, -0.2) is 0 Å². The van der Waals surface area contributed by atoms with Gasteiger partial charge in [0.05, 0.1) is 0 Å². The third kappa shape index (κ3) is 3.39. The maximum atomic E-state index is 2.27. The SMILES string of the molecule is Cc1ccc(-c2ccc(-c3ccc(-c4ccc(C)s4)cc3)c3ccccc23)cc1. The second-order valence-electron chi connectivity index (χ2n) is 7.56. The standard InChI is InChI=1S/C28H22S/c1-19-7-10-21(11-8-19)24-16-17-25(27-6-4-3-5-26(24)27)22-12-14-23(15-13-22)28-18-9-20(2)29-28/h3-18H,1-2H3. The van der Waals surface area contributed by atoms with Gasteiger partial charge < -0.3 is 0 Å². The summed E-state index contributed by atoms with van der Waals surface area (Å²) < 4.78 is 0. The van der Waals surface area contributed by atoms with E-state index in [1.165, 1.54) is 53.9 Å². The van der Waals surface area contributed by atoms with Crippen molar-refractivity contribution in [2.75, 3.05) is 0 Å². The Morgan fingerprint density at radius 1 is 0.483 bits per heavy atom. The first-order chi connectivity index (χ1) is 14.2. The van der Waals surface area contributed by atoms with E-state index in [9.17, 15) is 0 Å². The zero-order valence-electron chi connectivity index (χ0n) is 16.6. The molecule has 1 aromatic heterocycles. The molecule has 5 rings (SSSR count). The van der Waals surface area contributed by atoms with E-state index in [0.717, 1.165) is 0 Å². The van der Waals surface area contributed by atoms with Gasteiger partial charge in [0, 0.05) is 9.75 Å². The van der Waals surface area contributed by atoms with Crippen LogP contribution in [0, 0.1) is 13.8 Å². The van der Waals surface area contributed by atoms with Crippen molar-refractivity contribution in [1.29, 1.82) is 0 Å². The van der Waals surface area contributed by atoms with E-state index < -0.39 is 0 Å². The molecule has 0 spiro atoms. The van der Waals surface area contributed by atoms with Gasteiger partial charge in [0.2, 0.25) is 0 Å². The summed E-state index contributed by atoms with van der Waals surface area (Å²) in [5.74, 6) is 0. The summed E-state index contributed by atoms with van der Waals surface area (Å²) >= 11 is 1.85. The summed E-state index contributed by atoms with van der Waals surface area (Å²) in [5.41, 5.74) is 7.67. The predicted octanol–water partition coefficient (Wildman–Crippen LogP) is 8.52. The number of fused-ring (bicyclic) bond motifs is 1. The maximum Gasteiger partial charge on any atom is 0.0345 e. The minimum atomic E-state index is 1.26. The van der Waals surface area contributed by atoms with Gasteiger partial charge in [-0.15, -0.1) is 11.3 Å². The van der Waals surface area contributed by atoms with E-state index >= 15 is 0 Å². The Balaban J connectivity index is 1.61. The molecule has 4 aromatic carbocycles. The highest BCUT2D eigenvalue weighted by atomic mass is 32.1. The van der Waals surface area contributed by atoms with E-state index in [1.54, 1.807) is 0 Å². The van der Waals surface area contributed by atoms with E-state index in [4.69, 9.17) is 0 Å².